The summed E-state index contributed by atoms with van der Waals surface area (Å²) in [4.78, 5) is 3.40. The van der Waals surface area contributed by atoms with E-state index in [1.165, 1.54) is 0 Å². The summed E-state index contributed by atoms with van der Waals surface area (Å²) in [6.45, 7) is 0.343. The zero-order valence-corrected chi connectivity index (χ0v) is 11.9. The molecule has 0 bridgehead atoms. The van der Waals surface area contributed by atoms with Crippen molar-refractivity contribution in [2.24, 2.45) is 11.8 Å². The van der Waals surface area contributed by atoms with Gasteiger partial charge in [0.2, 0.25) is 10.0 Å². The third kappa shape index (κ3) is 3.64. The Morgan fingerprint density at radius 2 is 2.11 bits per heavy atom. The first-order valence-electron chi connectivity index (χ1n) is 6.19. The Morgan fingerprint density at radius 3 is 2.79 bits per heavy atom. The lowest BCUT2D eigenvalue weighted by Crippen LogP contribution is -2.31. The summed E-state index contributed by atoms with van der Waals surface area (Å²) in [5.74, 6) is 0.500. The maximum absolute atomic E-state index is 13.0. The van der Waals surface area contributed by atoms with E-state index in [1.54, 1.807) is 0 Å². The monoisotopic (exact) mass is 306 g/mol. The van der Waals surface area contributed by atoms with Gasteiger partial charge in [0, 0.05) is 18.6 Å². The highest BCUT2D eigenvalue weighted by Gasteiger charge is 2.28. The van der Waals surface area contributed by atoms with Gasteiger partial charge in [0.05, 0.1) is 6.20 Å². The highest BCUT2D eigenvalue weighted by Crippen LogP contribution is 2.32. The minimum atomic E-state index is -3.70. The van der Waals surface area contributed by atoms with Crippen LogP contribution >= 0.6 is 11.6 Å². The van der Waals surface area contributed by atoms with Crippen molar-refractivity contribution < 1.29 is 12.8 Å². The Bertz CT molecular complexity index is 538. The van der Waals surface area contributed by atoms with Crippen molar-refractivity contribution in [1.29, 1.82) is 0 Å². The Morgan fingerprint density at radius 1 is 1.37 bits per heavy atom. The number of rotatable bonds is 5. The number of hydrogen-bond acceptors (Lipinski definition) is 3. The number of hydrogen-bond donors (Lipinski definition) is 1. The van der Waals surface area contributed by atoms with Gasteiger partial charge >= 0.3 is 0 Å². The molecule has 0 radical (unpaired) electrons. The van der Waals surface area contributed by atoms with E-state index in [0.717, 1.165) is 37.7 Å². The van der Waals surface area contributed by atoms with E-state index in [1.807, 2.05) is 0 Å². The fourth-order valence-electron chi connectivity index (χ4n) is 2.42. The van der Waals surface area contributed by atoms with Crippen LogP contribution in [0.5, 0.6) is 0 Å². The first-order valence-corrected chi connectivity index (χ1v) is 8.21. The fourth-order valence-corrected chi connectivity index (χ4v) is 3.90. The standard InChI is InChI=1S/C12H16ClFN2O2S/c13-5-9-2-1-3-10(9)6-16-19(17,18)12-4-11(14)7-15-8-12/h4,7-10,16H,1-3,5-6H2. The molecule has 2 atom stereocenters. The highest BCUT2D eigenvalue weighted by molar-refractivity contribution is 7.89. The molecular formula is C12H16ClFN2O2S. The third-order valence-electron chi connectivity index (χ3n) is 3.54. The van der Waals surface area contributed by atoms with Crippen LogP contribution in [0.15, 0.2) is 23.4 Å². The molecule has 1 saturated carbocycles. The van der Waals surface area contributed by atoms with Crippen LogP contribution in [0.2, 0.25) is 0 Å². The van der Waals surface area contributed by atoms with Gasteiger partial charge in [-0.1, -0.05) is 6.42 Å². The normalized spacial score (nSPS) is 23.7. The Hall–Kier alpha value is -0.720. The Kier molecular flexibility index (Phi) is 4.76. The first-order chi connectivity index (χ1) is 9.03. The van der Waals surface area contributed by atoms with E-state index in [0.29, 0.717) is 18.3 Å². The molecule has 1 fully saturated rings. The smallest absolute Gasteiger partial charge is 0.242 e. The molecule has 1 aromatic heterocycles. The third-order valence-corrected chi connectivity index (χ3v) is 5.33. The summed E-state index contributed by atoms with van der Waals surface area (Å²) in [6, 6.07) is 0.961. The SMILES string of the molecule is O=S(=O)(NCC1CCCC1CCl)c1cncc(F)c1. The van der Waals surface area contributed by atoms with Gasteiger partial charge in [0.25, 0.3) is 0 Å². The van der Waals surface area contributed by atoms with E-state index < -0.39 is 15.8 Å². The molecule has 0 aromatic carbocycles. The number of nitrogens with zero attached hydrogens (tertiary/aromatic N) is 1. The van der Waals surface area contributed by atoms with Gasteiger partial charge in [-0.2, -0.15) is 0 Å². The minimum absolute atomic E-state index is 0.145. The molecular weight excluding hydrogens is 291 g/mol. The number of alkyl halides is 1. The summed E-state index contributed by atoms with van der Waals surface area (Å²) in [6.07, 6.45) is 5.20. The molecule has 0 aliphatic heterocycles. The predicted octanol–water partition coefficient (Wildman–Crippen LogP) is 2.15. The molecule has 106 valence electrons. The molecule has 4 nitrogen and oxygen atoms in total. The summed E-state index contributed by atoms with van der Waals surface area (Å²) in [5.41, 5.74) is 0. The number of nitrogens with one attached hydrogen (secondary N) is 1. The molecule has 2 rings (SSSR count). The van der Waals surface area contributed by atoms with Gasteiger partial charge < -0.3 is 0 Å². The van der Waals surface area contributed by atoms with Crippen molar-refractivity contribution in [3.05, 3.63) is 24.3 Å². The topological polar surface area (TPSA) is 59.1 Å². The molecule has 19 heavy (non-hydrogen) atoms. The van der Waals surface area contributed by atoms with E-state index >= 15 is 0 Å². The second-order valence-corrected chi connectivity index (χ2v) is 6.87. The van der Waals surface area contributed by atoms with Crippen LogP contribution in [0.25, 0.3) is 0 Å². The molecule has 0 amide bonds. The average Bonchev–Trinajstić information content (AvgIpc) is 2.84. The number of halogens is 2. The zero-order valence-electron chi connectivity index (χ0n) is 10.4. The zero-order chi connectivity index (χ0) is 13.9. The molecule has 1 N–H and O–H groups in total. The number of aromatic nitrogens is 1. The van der Waals surface area contributed by atoms with E-state index in [2.05, 4.69) is 9.71 Å². The van der Waals surface area contributed by atoms with Gasteiger partial charge in [0.15, 0.2) is 0 Å². The maximum atomic E-state index is 13.0. The Balaban J connectivity index is 2.02. The van der Waals surface area contributed by atoms with E-state index in [-0.39, 0.29) is 10.8 Å². The van der Waals surface area contributed by atoms with Crippen LogP contribution in [0.4, 0.5) is 4.39 Å². The maximum Gasteiger partial charge on any atom is 0.242 e. The van der Waals surface area contributed by atoms with Crippen molar-refractivity contribution in [3.63, 3.8) is 0 Å². The molecule has 1 heterocycles. The minimum Gasteiger partial charge on any atom is -0.260 e. The van der Waals surface area contributed by atoms with Gasteiger partial charge in [-0.3, -0.25) is 4.98 Å². The van der Waals surface area contributed by atoms with Crippen molar-refractivity contribution in [2.75, 3.05) is 12.4 Å². The van der Waals surface area contributed by atoms with Crippen molar-refractivity contribution in [3.8, 4) is 0 Å². The summed E-state index contributed by atoms with van der Waals surface area (Å²) < 4.78 is 39.5. The van der Waals surface area contributed by atoms with E-state index in [9.17, 15) is 12.8 Å². The molecule has 0 saturated heterocycles. The first kappa shape index (κ1) is 14.7. The summed E-state index contributed by atoms with van der Waals surface area (Å²) in [5, 5.41) is 0. The van der Waals surface area contributed by atoms with E-state index in [4.69, 9.17) is 11.6 Å². The second kappa shape index (κ2) is 6.15. The van der Waals surface area contributed by atoms with Crippen molar-refractivity contribution in [1.82, 2.24) is 9.71 Å². The number of sulfonamides is 1. The molecule has 7 heteroatoms. The van der Waals surface area contributed by atoms with Crippen LogP contribution in [0, 0.1) is 17.7 Å². The van der Waals surface area contributed by atoms with Gasteiger partial charge in [-0.15, -0.1) is 11.6 Å². The van der Waals surface area contributed by atoms with Crippen LogP contribution < -0.4 is 4.72 Å². The number of pyridine rings is 1. The van der Waals surface area contributed by atoms with Crippen LogP contribution in [0.3, 0.4) is 0 Å². The van der Waals surface area contributed by atoms with Gasteiger partial charge in [0.1, 0.15) is 10.7 Å². The predicted molar refractivity (Wildman–Crippen MR) is 70.9 cm³/mol. The van der Waals surface area contributed by atoms with Gasteiger partial charge in [-0.25, -0.2) is 17.5 Å². The highest BCUT2D eigenvalue weighted by atomic mass is 35.5. The lowest BCUT2D eigenvalue weighted by atomic mass is 9.98. The fraction of sp³-hybridized carbons (Fsp3) is 0.583. The molecule has 0 spiro atoms. The molecule has 1 aliphatic carbocycles. The largest absolute Gasteiger partial charge is 0.260 e. The lowest BCUT2D eigenvalue weighted by molar-refractivity contribution is 0.418. The Labute approximate surface area is 117 Å². The van der Waals surface area contributed by atoms with Crippen LogP contribution in [-0.2, 0) is 10.0 Å². The van der Waals surface area contributed by atoms with Crippen molar-refractivity contribution in [2.45, 2.75) is 24.2 Å². The lowest BCUT2D eigenvalue weighted by Gasteiger charge is -2.17. The molecule has 2 unspecified atom stereocenters. The molecule has 1 aromatic rings. The average molecular weight is 307 g/mol. The second-order valence-electron chi connectivity index (χ2n) is 4.80. The summed E-state index contributed by atoms with van der Waals surface area (Å²) >= 11 is 5.85. The quantitative estimate of drug-likeness (QED) is 0.848. The summed E-state index contributed by atoms with van der Waals surface area (Å²) in [7, 11) is -3.70. The van der Waals surface area contributed by atoms with Gasteiger partial charge in [-0.05, 0) is 30.7 Å². The molecule has 1 aliphatic rings. The van der Waals surface area contributed by atoms with Crippen LogP contribution in [-0.4, -0.2) is 25.8 Å². The van der Waals surface area contributed by atoms with Crippen molar-refractivity contribution >= 4 is 21.6 Å². The van der Waals surface area contributed by atoms with Crippen LogP contribution in [0.1, 0.15) is 19.3 Å².